The highest BCUT2D eigenvalue weighted by molar-refractivity contribution is 7.71. The number of nitrogens with one attached hydrogen (secondary N) is 1. The third-order valence-electron chi connectivity index (χ3n) is 1.61. The van der Waals surface area contributed by atoms with Crippen LogP contribution in [0.3, 0.4) is 0 Å². The number of aryl methyl sites for hydroxylation is 1. The first kappa shape index (κ1) is 8.89. The average Bonchev–Trinajstić information content (AvgIpc) is 2.72. The zero-order valence-corrected chi connectivity index (χ0v) is 8.28. The second-order valence-electron chi connectivity index (χ2n) is 2.70. The normalized spacial score (nSPS) is 11.2. The number of aromatic amines is 1. The van der Waals surface area contributed by atoms with Crippen molar-refractivity contribution in [3.8, 4) is 0 Å². The molecule has 2 aromatic heterocycles. The lowest BCUT2D eigenvalue weighted by Gasteiger charge is -1.87. The van der Waals surface area contributed by atoms with Gasteiger partial charge in [-0.2, -0.15) is 14.9 Å². The van der Waals surface area contributed by atoms with Gasteiger partial charge < -0.3 is 4.42 Å². The summed E-state index contributed by atoms with van der Waals surface area (Å²) < 4.78 is 7.19. The van der Waals surface area contributed by atoms with Crippen LogP contribution in [0.2, 0.25) is 0 Å². The van der Waals surface area contributed by atoms with Gasteiger partial charge in [-0.25, -0.2) is 0 Å². The van der Waals surface area contributed by atoms with Crippen molar-refractivity contribution in [1.29, 1.82) is 0 Å². The molecular weight excluding hydrogens is 200 g/mol. The predicted octanol–water partition coefficient (Wildman–Crippen LogP) is 1.72. The van der Waals surface area contributed by atoms with Gasteiger partial charge in [-0.15, -0.1) is 0 Å². The highest BCUT2D eigenvalue weighted by Crippen LogP contribution is 2.03. The van der Waals surface area contributed by atoms with Crippen molar-refractivity contribution in [2.24, 2.45) is 5.10 Å². The Kier molecular flexibility index (Phi) is 2.28. The van der Waals surface area contributed by atoms with Gasteiger partial charge in [-0.3, -0.25) is 5.10 Å². The Balaban J connectivity index is 2.23. The van der Waals surface area contributed by atoms with Crippen molar-refractivity contribution in [1.82, 2.24) is 14.9 Å². The fourth-order valence-corrected chi connectivity index (χ4v) is 1.11. The van der Waals surface area contributed by atoms with Gasteiger partial charge in [0.2, 0.25) is 4.77 Å². The van der Waals surface area contributed by atoms with Gasteiger partial charge >= 0.3 is 0 Å². The van der Waals surface area contributed by atoms with Gasteiger partial charge in [0, 0.05) is 0 Å². The molecule has 1 N–H and O–H groups in total. The van der Waals surface area contributed by atoms with E-state index < -0.39 is 0 Å². The summed E-state index contributed by atoms with van der Waals surface area (Å²) in [6.45, 7) is 1.88. The van der Waals surface area contributed by atoms with Gasteiger partial charge in [0.15, 0.2) is 0 Å². The fraction of sp³-hybridized carbons (Fsp3) is 0.125. The van der Waals surface area contributed by atoms with E-state index in [9.17, 15) is 0 Å². The molecule has 0 amide bonds. The molecule has 0 radical (unpaired) electrons. The van der Waals surface area contributed by atoms with Crippen molar-refractivity contribution in [3.05, 3.63) is 34.8 Å². The molecule has 0 fully saturated rings. The van der Waals surface area contributed by atoms with Crippen molar-refractivity contribution >= 4 is 18.4 Å². The molecule has 5 nitrogen and oxygen atoms in total. The Labute approximate surface area is 85.1 Å². The molecular formula is C8H8N4OS. The van der Waals surface area contributed by atoms with Crippen LogP contribution < -0.4 is 0 Å². The molecule has 0 spiro atoms. The molecule has 0 aliphatic rings. The van der Waals surface area contributed by atoms with Crippen molar-refractivity contribution in [2.45, 2.75) is 6.92 Å². The summed E-state index contributed by atoms with van der Waals surface area (Å²) in [4.78, 5) is 0. The number of furan rings is 1. The van der Waals surface area contributed by atoms with Gasteiger partial charge in [-0.05, 0) is 31.3 Å². The Morgan fingerprint density at radius 1 is 1.64 bits per heavy atom. The number of hydrogen-bond donors (Lipinski definition) is 1. The predicted molar refractivity (Wildman–Crippen MR) is 53.8 cm³/mol. The number of nitrogens with zero attached hydrogens (tertiary/aromatic N) is 3. The molecule has 0 aliphatic heterocycles. The molecule has 0 saturated carbocycles. The van der Waals surface area contributed by atoms with E-state index in [0.717, 1.165) is 5.76 Å². The van der Waals surface area contributed by atoms with Crippen LogP contribution in [0.15, 0.2) is 28.0 Å². The smallest absolute Gasteiger partial charge is 0.216 e. The number of rotatable bonds is 2. The Bertz CT molecular complexity index is 507. The molecule has 14 heavy (non-hydrogen) atoms. The van der Waals surface area contributed by atoms with Crippen LogP contribution in [0.4, 0.5) is 0 Å². The summed E-state index contributed by atoms with van der Waals surface area (Å²) in [6, 6.07) is 3.71. The molecule has 0 saturated heterocycles. The van der Waals surface area contributed by atoms with E-state index >= 15 is 0 Å². The molecule has 0 atom stereocenters. The molecule has 2 aromatic rings. The maximum absolute atomic E-state index is 5.29. The molecule has 72 valence electrons. The SMILES string of the molecule is Cc1ccc(/C=N/n2cn[nH]c2=S)o1. The number of aromatic nitrogens is 3. The first-order chi connectivity index (χ1) is 6.75. The zero-order valence-electron chi connectivity index (χ0n) is 7.47. The molecule has 2 heterocycles. The van der Waals surface area contributed by atoms with Crippen LogP contribution in [0.5, 0.6) is 0 Å². The van der Waals surface area contributed by atoms with E-state index in [4.69, 9.17) is 16.6 Å². The maximum atomic E-state index is 5.29. The second-order valence-corrected chi connectivity index (χ2v) is 3.09. The summed E-state index contributed by atoms with van der Waals surface area (Å²) in [5, 5.41) is 10.4. The van der Waals surface area contributed by atoms with Gasteiger partial charge in [-0.1, -0.05) is 0 Å². The van der Waals surface area contributed by atoms with Crippen LogP contribution in [0.25, 0.3) is 0 Å². The van der Waals surface area contributed by atoms with Gasteiger partial charge in [0.05, 0.1) is 6.21 Å². The molecule has 0 aromatic carbocycles. The molecule has 0 bridgehead atoms. The van der Waals surface area contributed by atoms with Gasteiger partial charge in [0.1, 0.15) is 17.8 Å². The maximum Gasteiger partial charge on any atom is 0.216 e. The van der Waals surface area contributed by atoms with E-state index in [1.807, 2.05) is 19.1 Å². The average molecular weight is 208 g/mol. The van der Waals surface area contributed by atoms with Crippen LogP contribution in [0.1, 0.15) is 11.5 Å². The Morgan fingerprint density at radius 2 is 2.50 bits per heavy atom. The topological polar surface area (TPSA) is 59.1 Å². The highest BCUT2D eigenvalue weighted by atomic mass is 32.1. The summed E-state index contributed by atoms with van der Waals surface area (Å²) in [6.07, 6.45) is 3.08. The van der Waals surface area contributed by atoms with E-state index in [1.165, 1.54) is 11.0 Å². The number of H-pyrrole nitrogens is 1. The molecule has 6 heteroatoms. The minimum Gasteiger partial charge on any atom is -0.460 e. The molecule has 2 rings (SSSR count). The number of hydrogen-bond acceptors (Lipinski definition) is 4. The van der Waals surface area contributed by atoms with E-state index in [0.29, 0.717) is 10.5 Å². The largest absolute Gasteiger partial charge is 0.460 e. The minimum atomic E-state index is 0.449. The van der Waals surface area contributed by atoms with Crippen LogP contribution >= 0.6 is 12.2 Å². The zero-order chi connectivity index (χ0) is 9.97. The Morgan fingerprint density at radius 3 is 3.07 bits per heavy atom. The van der Waals surface area contributed by atoms with Crippen LogP contribution in [-0.4, -0.2) is 21.1 Å². The third kappa shape index (κ3) is 1.80. The van der Waals surface area contributed by atoms with Crippen LogP contribution in [0, 0.1) is 11.7 Å². The van der Waals surface area contributed by atoms with Crippen molar-refractivity contribution in [3.63, 3.8) is 0 Å². The molecule has 0 aliphatic carbocycles. The van der Waals surface area contributed by atoms with E-state index in [1.54, 1.807) is 6.21 Å². The first-order valence-corrected chi connectivity index (χ1v) is 4.39. The summed E-state index contributed by atoms with van der Waals surface area (Å²) in [7, 11) is 0. The first-order valence-electron chi connectivity index (χ1n) is 3.98. The van der Waals surface area contributed by atoms with E-state index in [2.05, 4.69) is 15.3 Å². The minimum absolute atomic E-state index is 0.449. The monoisotopic (exact) mass is 208 g/mol. The Hall–Kier alpha value is -1.69. The van der Waals surface area contributed by atoms with Gasteiger partial charge in [0.25, 0.3) is 0 Å². The van der Waals surface area contributed by atoms with Crippen molar-refractivity contribution in [2.75, 3.05) is 0 Å². The summed E-state index contributed by atoms with van der Waals surface area (Å²) in [5.41, 5.74) is 0. The van der Waals surface area contributed by atoms with E-state index in [-0.39, 0.29) is 0 Å². The lowest BCUT2D eigenvalue weighted by Crippen LogP contribution is -1.87. The van der Waals surface area contributed by atoms with Crippen molar-refractivity contribution < 1.29 is 4.42 Å². The third-order valence-corrected chi connectivity index (χ3v) is 1.88. The van der Waals surface area contributed by atoms with Crippen LogP contribution in [-0.2, 0) is 0 Å². The lowest BCUT2D eigenvalue weighted by molar-refractivity contribution is 0.527. The second kappa shape index (κ2) is 3.59. The summed E-state index contributed by atoms with van der Waals surface area (Å²) >= 11 is 4.91. The quantitative estimate of drug-likeness (QED) is 0.604. The highest BCUT2D eigenvalue weighted by Gasteiger charge is 1.94. The standard InChI is InChI=1S/C8H8N4OS/c1-6-2-3-7(13-6)4-10-12-5-9-11-8(12)14/h2-5H,1H3,(H,11,14)/b10-4+. The summed E-state index contributed by atoms with van der Waals surface area (Å²) in [5.74, 6) is 1.54. The molecule has 0 unspecified atom stereocenters. The lowest BCUT2D eigenvalue weighted by atomic mass is 10.4. The fourth-order valence-electron chi connectivity index (χ4n) is 0.967.